The third-order valence-corrected chi connectivity index (χ3v) is 7.08. The average Bonchev–Trinajstić information content (AvgIpc) is 2.88. The van der Waals surface area contributed by atoms with Crippen LogP contribution < -0.4 is 0 Å². The largest absolute Gasteiger partial charge is 0.462 e. The van der Waals surface area contributed by atoms with E-state index in [1.54, 1.807) is 0 Å². The highest BCUT2D eigenvalue weighted by Crippen LogP contribution is 2.14. The molecule has 0 saturated heterocycles. The summed E-state index contributed by atoms with van der Waals surface area (Å²) in [5, 5.41) is 9.47. The van der Waals surface area contributed by atoms with Crippen molar-refractivity contribution >= 4 is 11.9 Å². The standard InChI is InChI=1S/C32H62O5/c1-4-5-6-7-8-9-10-13-16-19-22-25-31(34)36-28-30(27-33)37-32(35)26-23-20-17-14-11-12-15-18-21-24-29(2)3/h29-30,33H,4-28H2,1-3H3/t30-/m0/s1. The van der Waals surface area contributed by atoms with E-state index in [-0.39, 0.29) is 25.2 Å². The fraction of sp³-hybridized carbons (Fsp3) is 0.938. The molecule has 0 spiro atoms. The van der Waals surface area contributed by atoms with Crippen LogP contribution >= 0.6 is 0 Å². The molecule has 0 fully saturated rings. The molecular weight excluding hydrogens is 464 g/mol. The van der Waals surface area contributed by atoms with Gasteiger partial charge in [-0.05, 0) is 18.8 Å². The Kier molecular flexibility index (Phi) is 27.1. The Morgan fingerprint density at radius 1 is 0.595 bits per heavy atom. The maximum absolute atomic E-state index is 12.1. The highest BCUT2D eigenvalue weighted by atomic mass is 16.6. The van der Waals surface area contributed by atoms with E-state index >= 15 is 0 Å². The minimum Gasteiger partial charge on any atom is -0.462 e. The molecule has 1 N–H and O–H groups in total. The maximum atomic E-state index is 12.1. The Bertz CT molecular complexity index is 505. The van der Waals surface area contributed by atoms with E-state index in [1.807, 2.05) is 0 Å². The van der Waals surface area contributed by atoms with Gasteiger partial charge in [-0.2, -0.15) is 0 Å². The average molecular weight is 527 g/mol. The third-order valence-electron chi connectivity index (χ3n) is 7.08. The Hall–Kier alpha value is -1.10. The summed E-state index contributed by atoms with van der Waals surface area (Å²) in [6, 6.07) is 0. The van der Waals surface area contributed by atoms with Crippen molar-refractivity contribution in [2.45, 2.75) is 175 Å². The van der Waals surface area contributed by atoms with Crippen LogP contribution in [0.4, 0.5) is 0 Å². The molecule has 0 aliphatic carbocycles. The van der Waals surface area contributed by atoms with Gasteiger partial charge in [0.1, 0.15) is 6.61 Å². The molecule has 5 nitrogen and oxygen atoms in total. The van der Waals surface area contributed by atoms with Crippen LogP contribution in [0.1, 0.15) is 168 Å². The molecule has 0 aliphatic rings. The van der Waals surface area contributed by atoms with Crippen molar-refractivity contribution in [1.82, 2.24) is 0 Å². The lowest BCUT2D eigenvalue weighted by atomic mass is 10.0. The van der Waals surface area contributed by atoms with Gasteiger partial charge in [-0.1, -0.05) is 143 Å². The lowest BCUT2D eigenvalue weighted by Gasteiger charge is -2.15. The first-order chi connectivity index (χ1) is 18.0. The van der Waals surface area contributed by atoms with Crippen molar-refractivity contribution in [3.63, 3.8) is 0 Å². The Labute approximate surface area is 229 Å². The first-order valence-electron chi connectivity index (χ1n) is 16.0. The molecular formula is C32H62O5. The smallest absolute Gasteiger partial charge is 0.306 e. The second kappa shape index (κ2) is 27.9. The van der Waals surface area contributed by atoms with Gasteiger partial charge >= 0.3 is 11.9 Å². The second-order valence-corrected chi connectivity index (χ2v) is 11.4. The molecule has 37 heavy (non-hydrogen) atoms. The van der Waals surface area contributed by atoms with E-state index in [4.69, 9.17) is 9.47 Å². The number of carbonyl (C=O) groups is 2. The fourth-order valence-electron chi connectivity index (χ4n) is 4.62. The number of hydrogen-bond donors (Lipinski definition) is 1. The summed E-state index contributed by atoms with van der Waals surface area (Å²) in [6.45, 7) is 6.44. The van der Waals surface area contributed by atoms with E-state index in [2.05, 4.69) is 20.8 Å². The van der Waals surface area contributed by atoms with Crippen molar-refractivity contribution in [3.8, 4) is 0 Å². The number of carbonyl (C=O) groups excluding carboxylic acids is 2. The molecule has 0 saturated carbocycles. The predicted molar refractivity (Wildman–Crippen MR) is 155 cm³/mol. The van der Waals surface area contributed by atoms with E-state index in [0.29, 0.717) is 12.8 Å². The zero-order chi connectivity index (χ0) is 27.4. The maximum Gasteiger partial charge on any atom is 0.306 e. The van der Waals surface area contributed by atoms with Crippen LogP contribution in [-0.4, -0.2) is 36.4 Å². The first-order valence-corrected chi connectivity index (χ1v) is 16.0. The van der Waals surface area contributed by atoms with Crippen molar-refractivity contribution in [2.24, 2.45) is 5.92 Å². The number of ether oxygens (including phenoxy) is 2. The van der Waals surface area contributed by atoms with Gasteiger partial charge < -0.3 is 14.6 Å². The van der Waals surface area contributed by atoms with Gasteiger partial charge in [-0.3, -0.25) is 9.59 Å². The summed E-state index contributed by atoms with van der Waals surface area (Å²) in [5.41, 5.74) is 0. The second-order valence-electron chi connectivity index (χ2n) is 11.4. The molecule has 0 aromatic carbocycles. The summed E-state index contributed by atoms with van der Waals surface area (Å²) >= 11 is 0. The summed E-state index contributed by atoms with van der Waals surface area (Å²) < 4.78 is 10.5. The summed E-state index contributed by atoms with van der Waals surface area (Å²) in [4.78, 5) is 24.0. The SMILES string of the molecule is CCCCCCCCCCCCCC(=O)OC[C@H](CO)OC(=O)CCCCCCCCCCCC(C)C. The van der Waals surface area contributed by atoms with E-state index in [1.165, 1.54) is 96.3 Å². The van der Waals surface area contributed by atoms with Crippen LogP contribution in [0.15, 0.2) is 0 Å². The summed E-state index contributed by atoms with van der Waals surface area (Å²) in [7, 11) is 0. The minimum atomic E-state index is -0.760. The Morgan fingerprint density at radius 2 is 1.00 bits per heavy atom. The molecule has 0 aliphatic heterocycles. The fourth-order valence-corrected chi connectivity index (χ4v) is 4.62. The minimum absolute atomic E-state index is 0.0593. The van der Waals surface area contributed by atoms with Crippen molar-refractivity contribution in [3.05, 3.63) is 0 Å². The summed E-state index contributed by atoms with van der Waals surface area (Å²) in [5.74, 6) is 0.231. The molecule has 0 aromatic heterocycles. The highest BCUT2D eigenvalue weighted by Gasteiger charge is 2.16. The van der Waals surface area contributed by atoms with E-state index in [0.717, 1.165) is 44.4 Å². The molecule has 1 atom stereocenters. The normalized spacial score (nSPS) is 12.1. The zero-order valence-corrected chi connectivity index (χ0v) is 24.9. The molecule has 0 heterocycles. The van der Waals surface area contributed by atoms with E-state index in [9.17, 15) is 14.7 Å². The monoisotopic (exact) mass is 526 g/mol. The lowest BCUT2D eigenvalue weighted by molar-refractivity contribution is -0.161. The topological polar surface area (TPSA) is 72.8 Å². The number of aliphatic hydroxyl groups is 1. The highest BCUT2D eigenvalue weighted by molar-refractivity contribution is 5.70. The molecule has 220 valence electrons. The van der Waals surface area contributed by atoms with Gasteiger partial charge in [0, 0.05) is 12.8 Å². The van der Waals surface area contributed by atoms with Gasteiger partial charge in [0.25, 0.3) is 0 Å². The van der Waals surface area contributed by atoms with Crippen molar-refractivity contribution in [1.29, 1.82) is 0 Å². The van der Waals surface area contributed by atoms with Crippen LogP contribution in [-0.2, 0) is 19.1 Å². The molecule has 0 aromatic rings. The molecule has 0 radical (unpaired) electrons. The van der Waals surface area contributed by atoms with Gasteiger partial charge in [-0.25, -0.2) is 0 Å². The number of rotatable bonds is 28. The molecule has 0 amide bonds. The zero-order valence-electron chi connectivity index (χ0n) is 24.9. The molecule has 0 rings (SSSR count). The Balaban J connectivity index is 3.57. The number of aliphatic hydroxyl groups excluding tert-OH is 1. The number of hydrogen-bond acceptors (Lipinski definition) is 5. The molecule has 5 heteroatoms. The van der Waals surface area contributed by atoms with Crippen molar-refractivity contribution < 1.29 is 24.2 Å². The Morgan fingerprint density at radius 3 is 1.43 bits per heavy atom. The van der Waals surface area contributed by atoms with Crippen LogP contribution in [0.2, 0.25) is 0 Å². The quantitative estimate of drug-likeness (QED) is 0.0813. The number of esters is 2. The van der Waals surface area contributed by atoms with Gasteiger partial charge in [-0.15, -0.1) is 0 Å². The van der Waals surface area contributed by atoms with Crippen molar-refractivity contribution in [2.75, 3.05) is 13.2 Å². The lowest BCUT2D eigenvalue weighted by Crippen LogP contribution is -2.28. The molecule has 0 unspecified atom stereocenters. The summed E-state index contributed by atoms with van der Waals surface area (Å²) in [6.07, 6.45) is 25.8. The van der Waals surface area contributed by atoms with Crippen LogP contribution in [0.25, 0.3) is 0 Å². The predicted octanol–water partition coefficient (Wildman–Crippen LogP) is 9.08. The number of unbranched alkanes of at least 4 members (excludes halogenated alkanes) is 18. The van der Waals surface area contributed by atoms with E-state index < -0.39 is 6.10 Å². The van der Waals surface area contributed by atoms with Crippen LogP contribution in [0.3, 0.4) is 0 Å². The molecule has 0 bridgehead atoms. The van der Waals surface area contributed by atoms with Gasteiger partial charge in [0.15, 0.2) is 6.10 Å². The van der Waals surface area contributed by atoms with Crippen LogP contribution in [0.5, 0.6) is 0 Å². The van der Waals surface area contributed by atoms with Gasteiger partial charge in [0.05, 0.1) is 6.61 Å². The van der Waals surface area contributed by atoms with Gasteiger partial charge in [0.2, 0.25) is 0 Å². The third kappa shape index (κ3) is 27.7. The first kappa shape index (κ1) is 35.9. The van der Waals surface area contributed by atoms with Crippen LogP contribution in [0, 0.1) is 5.92 Å².